The summed E-state index contributed by atoms with van der Waals surface area (Å²) in [5, 5.41) is 10.2. The summed E-state index contributed by atoms with van der Waals surface area (Å²) < 4.78 is 0. The molecule has 1 aliphatic carbocycles. The van der Waals surface area contributed by atoms with Gasteiger partial charge in [-0.1, -0.05) is 18.2 Å². The van der Waals surface area contributed by atoms with Crippen molar-refractivity contribution in [3.8, 4) is 0 Å². The van der Waals surface area contributed by atoms with Crippen LogP contribution in [-0.2, 0) is 11.3 Å². The van der Waals surface area contributed by atoms with Crippen LogP contribution in [0.4, 0.5) is 0 Å². The molecule has 1 fully saturated rings. The minimum atomic E-state index is -0.563. The van der Waals surface area contributed by atoms with E-state index >= 15 is 0 Å². The van der Waals surface area contributed by atoms with E-state index in [1.165, 1.54) is 11.1 Å². The van der Waals surface area contributed by atoms with Crippen LogP contribution in [0.25, 0.3) is 0 Å². The van der Waals surface area contributed by atoms with Crippen molar-refractivity contribution in [3.63, 3.8) is 0 Å². The summed E-state index contributed by atoms with van der Waals surface area (Å²) in [5.41, 5.74) is 3.02. The molecule has 4 heteroatoms. The molecule has 116 valence electrons. The molecule has 1 aromatic carbocycles. The van der Waals surface area contributed by atoms with Crippen molar-refractivity contribution in [1.29, 1.82) is 0 Å². The summed E-state index contributed by atoms with van der Waals surface area (Å²) in [7, 11) is 0. The summed E-state index contributed by atoms with van der Waals surface area (Å²) >= 11 is 5.73. The lowest BCUT2D eigenvalue weighted by Crippen LogP contribution is -2.42. The minimum absolute atomic E-state index is 0.0106. The lowest BCUT2D eigenvalue weighted by atomic mass is 9.78. The maximum absolute atomic E-state index is 12.0. The van der Waals surface area contributed by atoms with E-state index in [9.17, 15) is 9.90 Å². The van der Waals surface area contributed by atoms with Gasteiger partial charge in [0.25, 0.3) is 0 Å². The van der Waals surface area contributed by atoms with E-state index in [1.54, 1.807) is 4.90 Å². The Morgan fingerprint density at radius 2 is 2.10 bits per heavy atom. The SMILES string of the molecule is Cc1cccc(CN(CCC2(O)CCC2)C(=O)CCl)c1C. The standard InChI is InChI=1S/C17H24ClNO2/c1-13-5-3-6-15(14(13)2)12-19(16(20)11-18)10-9-17(21)7-4-8-17/h3,5-6,21H,4,7-12H2,1-2H3. The molecule has 3 nitrogen and oxygen atoms in total. The number of halogens is 1. The topological polar surface area (TPSA) is 40.5 Å². The second kappa shape index (κ2) is 6.80. The van der Waals surface area contributed by atoms with Crippen molar-refractivity contribution in [2.24, 2.45) is 0 Å². The lowest BCUT2D eigenvalue weighted by molar-refractivity contribution is -0.130. The largest absolute Gasteiger partial charge is 0.390 e. The molecular formula is C17H24ClNO2. The highest BCUT2D eigenvalue weighted by Gasteiger charge is 2.34. The molecule has 0 atom stereocenters. The first-order valence-corrected chi connectivity index (χ1v) is 8.10. The normalized spacial score (nSPS) is 16.4. The Bertz CT molecular complexity index is 512. The van der Waals surface area contributed by atoms with Gasteiger partial charge in [-0.15, -0.1) is 11.6 Å². The van der Waals surface area contributed by atoms with Gasteiger partial charge in [-0.05, 0) is 56.2 Å². The summed E-state index contributed by atoms with van der Waals surface area (Å²) in [5.74, 6) is -0.0796. The number of rotatable bonds is 6. The van der Waals surface area contributed by atoms with Crippen LogP contribution in [0.15, 0.2) is 18.2 Å². The van der Waals surface area contributed by atoms with Crippen molar-refractivity contribution < 1.29 is 9.90 Å². The van der Waals surface area contributed by atoms with Gasteiger partial charge in [-0.3, -0.25) is 4.79 Å². The first kappa shape index (κ1) is 16.3. The molecule has 1 amide bonds. The maximum Gasteiger partial charge on any atom is 0.237 e. The number of aryl methyl sites for hydroxylation is 1. The quantitative estimate of drug-likeness (QED) is 0.820. The zero-order chi connectivity index (χ0) is 15.5. The predicted octanol–water partition coefficient (Wildman–Crippen LogP) is 3.18. The zero-order valence-electron chi connectivity index (χ0n) is 12.9. The van der Waals surface area contributed by atoms with Crippen LogP contribution in [0.5, 0.6) is 0 Å². The molecule has 0 heterocycles. The molecule has 0 unspecified atom stereocenters. The van der Waals surface area contributed by atoms with Crippen LogP contribution in [0.1, 0.15) is 42.4 Å². The molecule has 21 heavy (non-hydrogen) atoms. The Labute approximate surface area is 131 Å². The van der Waals surface area contributed by atoms with Gasteiger partial charge >= 0.3 is 0 Å². The molecule has 0 saturated heterocycles. The van der Waals surface area contributed by atoms with Crippen molar-refractivity contribution >= 4 is 17.5 Å². The third kappa shape index (κ3) is 3.98. The Morgan fingerprint density at radius 1 is 1.38 bits per heavy atom. The molecule has 0 radical (unpaired) electrons. The maximum atomic E-state index is 12.0. The van der Waals surface area contributed by atoms with Gasteiger partial charge in [0.2, 0.25) is 5.91 Å². The fraction of sp³-hybridized carbons (Fsp3) is 0.588. The number of benzene rings is 1. The van der Waals surface area contributed by atoms with Gasteiger partial charge in [0.05, 0.1) is 5.60 Å². The van der Waals surface area contributed by atoms with Gasteiger partial charge in [0, 0.05) is 13.1 Å². The summed E-state index contributed by atoms with van der Waals surface area (Å²) in [6, 6.07) is 6.14. The zero-order valence-corrected chi connectivity index (χ0v) is 13.6. The molecule has 0 bridgehead atoms. The van der Waals surface area contributed by atoms with Gasteiger partial charge in [-0.2, -0.15) is 0 Å². The van der Waals surface area contributed by atoms with E-state index in [-0.39, 0.29) is 11.8 Å². The third-order valence-corrected chi connectivity index (χ3v) is 4.91. The van der Waals surface area contributed by atoms with Crippen molar-refractivity contribution in [1.82, 2.24) is 4.90 Å². The minimum Gasteiger partial charge on any atom is -0.390 e. The first-order valence-electron chi connectivity index (χ1n) is 7.56. The molecule has 0 aliphatic heterocycles. The Hall–Kier alpha value is -1.06. The fourth-order valence-corrected chi connectivity index (χ4v) is 2.91. The highest BCUT2D eigenvalue weighted by atomic mass is 35.5. The number of carbonyl (C=O) groups is 1. The molecular weight excluding hydrogens is 286 g/mol. The van der Waals surface area contributed by atoms with Gasteiger partial charge < -0.3 is 10.0 Å². The van der Waals surface area contributed by atoms with E-state index < -0.39 is 5.60 Å². The molecule has 1 aromatic rings. The summed E-state index contributed by atoms with van der Waals surface area (Å²) in [6.07, 6.45) is 3.41. The van der Waals surface area contributed by atoms with Gasteiger partial charge in [0.15, 0.2) is 0 Å². The second-order valence-corrected chi connectivity index (χ2v) is 6.40. The molecule has 0 aromatic heterocycles. The first-order chi connectivity index (χ1) is 9.95. The van der Waals surface area contributed by atoms with E-state index in [1.807, 2.05) is 6.07 Å². The Balaban J connectivity index is 2.05. The van der Waals surface area contributed by atoms with E-state index in [0.29, 0.717) is 19.5 Å². The van der Waals surface area contributed by atoms with Gasteiger partial charge in [0.1, 0.15) is 5.88 Å². The van der Waals surface area contributed by atoms with Crippen LogP contribution in [0.3, 0.4) is 0 Å². The van der Waals surface area contributed by atoms with Crippen LogP contribution in [0, 0.1) is 13.8 Å². The molecule has 1 saturated carbocycles. The van der Waals surface area contributed by atoms with Crippen LogP contribution >= 0.6 is 11.6 Å². The second-order valence-electron chi connectivity index (χ2n) is 6.14. The highest BCUT2D eigenvalue weighted by molar-refractivity contribution is 6.27. The average Bonchev–Trinajstić information content (AvgIpc) is 2.45. The number of nitrogens with zero attached hydrogens (tertiary/aromatic N) is 1. The number of hydrogen-bond acceptors (Lipinski definition) is 2. The van der Waals surface area contributed by atoms with Crippen LogP contribution in [-0.4, -0.2) is 33.9 Å². The van der Waals surface area contributed by atoms with Crippen molar-refractivity contribution in [3.05, 3.63) is 34.9 Å². The van der Waals surface area contributed by atoms with Crippen molar-refractivity contribution in [2.75, 3.05) is 12.4 Å². The summed E-state index contributed by atoms with van der Waals surface area (Å²) in [4.78, 5) is 13.8. The van der Waals surface area contributed by atoms with E-state index in [2.05, 4.69) is 26.0 Å². The molecule has 1 N–H and O–H groups in total. The average molecular weight is 310 g/mol. The number of alkyl halides is 1. The number of hydrogen-bond donors (Lipinski definition) is 1. The third-order valence-electron chi connectivity index (χ3n) is 4.68. The van der Waals surface area contributed by atoms with E-state index in [0.717, 1.165) is 24.8 Å². The highest BCUT2D eigenvalue weighted by Crippen LogP contribution is 2.34. The van der Waals surface area contributed by atoms with Crippen LogP contribution in [0.2, 0.25) is 0 Å². The fourth-order valence-electron chi connectivity index (χ4n) is 2.74. The lowest BCUT2D eigenvalue weighted by Gasteiger charge is -2.38. The number of carbonyl (C=O) groups excluding carboxylic acids is 1. The number of aliphatic hydroxyl groups is 1. The number of amides is 1. The molecule has 0 spiro atoms. The van der Waals surface area contributed by atoms with Gasteiger partial charge in [-0.25, -0.2) is 0 Å². The summed E-state index contributed by atoms with van der Waals surface area (Å²) in [6.45, 7) is 5.28. The predicted molar refractivity (Wildman–Crippen MR) is 85.5 cm³/mol. The Kier molecular flexibility index (Phi) is 5.28. The van der Waals surface area contributed by atoms with E-state index in [4.69, 9.17) is 11.6 Å². The Morgan fingerprint density at radius 3 is 2.67 bits per heavy atom. The van der Waals surface area contributed by atoms with Crippen molar-refractivity contribution in [2.45, 2.75) is 51.7 Å². The monoisotopic (exact) mass is 309 g/mol. The molecule has 2 rings (SSSR count). The molecule has 1 aliphatic rings. The van der Waals surface area contributed by atoms with Crippen LogP contribution < -0.4 is 0 Å². The smallest absolute Gasteiger partial charge is 0.237 e.